The standard InChI is InChI=1S/C23H21N3O4S/c1-15-8-9-16(22-19-6-4-5-7-20(19)23(27)26(2)24-22)14-21(15)31(28,29)25-17-10-12-18(30-3)13-11-17/h4-14,25H,1-3H3. The number of ether oxygens (including phenoxy) is 1. The van der Waals surface area contributed by atoms with E-state index in [0.717, 1.165) is 0 Å². The van der Waals surface area contributed by atoms with Crippen LogP contribution in [0, 0.1) is 6.92 Å². The predicted octanol–water partition coefficient (Wildman–Crippen LogP) is 3.72. The van der Waals surface area contributed by atoms with Crippen LogP contribution in [0.5, 0.6) is 5.75 Å². The van der Waals surface area contributed by atoms with Crippen LogP contribution in [0.3, 0.4) is 0 Å². The fraction of sp³-hybridized carbons (Fsp3) is 0.130. The SMILES string of the molecule is COc1ccc(NS(=O)(=O)c2cc(-c3nn(C)c(=O)c4ccccc34)ccc2C)cc1. The van der Waals surface area contributed by atoms with Crippen LogP contribution in [0.15, 0.2) is 76.4 Å². The second-order valence-corrected chi connectivity index (χ2v) is 8.79. The van der Waals surface area contributed by atoms with E-state index in [0.29, 0.717) is 39.0 Å². The molecule has 0 atom stereocenters. The average Bonchev–Trinajstić information content (AvgIpc) is 2.77. The number of aryl methyl sites for hydroxylation is 2. The van der Waals surface area contributed by atoms with Gasteiger partial charge in [-0.25, -0.2) is 13.1 Å². The van der Waals surface area contributed by atoms with Gasteiger partial charge >= 0.3 is 0 Å². The van der Waals surface area contributed by atoms with Crippen LogP contribution in [0.25, 0.3) is 22.0 Å². The molecule has 7 nitrogen and oxygen atoms in total. The van der Waals surface area contributed by atoms with E-state index >= 15 is 0 Å². The molecule has 1 aromatic heterocycles. The molecule has 0 aliphatic carbocycles. The van der Waals surface area contributed by atoms with Gasteiger partial charge in [-0.05, 0) is 48.9 Å². The minimum atomic E-state index is -3.85. The van der Waals surface area contributed by atoms with Crippen LogP contribution < -0.4 is 15.0 Å². The Morgan fingerprint density at radius 2 is 1.65 bits per heavy atom. The molecule has 0 fully saturated rings. The number of anilines is 1. The maximum Gasteiger partial charge on any atom is 0.274 e. The van der Waals surface area contributed by atoms with E-state index in [4.69, 9.17) is 4.74 Å². The van der Waals surface area contributed by atoms with Gasteiger partial charge in [0.1, 0.15) is 5.75 Å². The summed E-state index contributed by atoms with van der Waals surface area (Å²) in [4.78, 5) is 12.6. The van der Waals surface area contributed by atoms with Crippen molar-refractivity contribution >= 4 is 26.5 Å². The molecule has 158 valence electrons. The smallest absolute Gasteiger partial charge is 0.274 e. The lowest BCUT2D eigenvalue weighted by Gasteiger charge is -2.13. The average molecular weight is 436 g/mol. The molecule has 0 spiro atoms. The number of sulfonamides is 1. The first-order valence-corrected chi connectivity index (χ1v) is 11.0. The molecule has 0 unspecified atom stereocenters. The van der Waals surface area contributed by atoms with Gasteiger partial charge in [-0.15, -0.1) is 0 Å². The zero-order valence-electron chi connectivity index (χ0n) is 17.3. The van der Waals surface area contributed by atoms with Gasteiger partial charge in [-0.3, -0.25) is 9.52 Å². The highest BCUT2D eigenvalue weighted by Crippen LogP contribution is 2.29. The molecular formula is C23H21N3O4S. The van der Waals surface area contributed by atoms with Gasteiger partial charge in [0.25, 0.3) is 15.6 Å². The minimum absolute atomic E-state index is 0.139. The zero-order valence-corrected chi connectivity index (χ0v) is 18.1. The number of nitrogens with zero attached hydrogens (tertiary/aromatic N) is 2. The first kappa shape index (κ1) is 20.6. The highest BCUT2D eigenvalue weighted by molar-refractivity contribution is 7.92. The Morgan fingerprint density at radius 1 is 0.968 bits per heavy atom. The van der Waals surface area contributed by atoms with Crippen molar-refractivity contribution in [2.75, 3.05) is 11.8 Å². The molecule has 31 heavy (non-hydrogen) atoms. The van der Waals surface area contributed by atoms with Crippen LogP contribution in [-0.4, -0.2) is 25.3 Å². The van der Waals surface area contributed by atoms with Crippen LogP contribution in [0.1, 0.15) is 5.56 Å². The van der Waals surface area contributed by atoms with Crippen LogP contribution in [0.4, 0.5) is 5.69 Å². The van der Waals surface area contributed by atoms with E-state index in [1.165, 1.54) is 4.68 Å². The molecule has 0 bridgehead atoms. The lowest BCUT2D eigenvalue weighted by Crippen LogP contribution is -2.20. The zero-order chi connectivity index (χ0) is 22.2. The molecule has 8 heteroatoms. The summed E-state index contributed by atoms with van der Waals surface area (Å²) in [7, 11) is -0.727. The summed E-state index contributed by atoms with van der Waals surface area (Å²) in [6.45, 7) is 1.73. The Morgan fingerprint density at radius 3 is 2.32 bits per heavy atom. The van der Waals surface area contributed by atoms with Crippen molar-refractivity contribution in [3.63, 3.8) is 0 Å². The Hall–Kier alpha value is -3.65. The summed E-state index contributed by atoms with van der Waals surface area (Å²) >= 11 is 0. The van der Waals surface area contributed by atoms with E-state index in [1.807, 2.05) is 12.1 Å². The molecule has 1 N–H and O–H groups in total. The fourth-order valence-corrected chi connectivity index (χ4v) is 4.75. The van der Waals surface area contributed by atoms with Gasteiger partial charge in [0.2, 0.25) is 0 Å². The number of benzene rings is 3. The molecule has 0 saturated heterocycles. The third kappa shape index (κ3) is 3.89. The van der Waals surface area contributed by atoms with E-state index in [9.17, 15) is 13.2 Å². The molecule has 3 aromatic carbocycles. The van der Waals surface area contributed by atoms with Gasteiger partial charge in [0.15, 0.2) is 0 Å². The molecule has 0 aliphatic rings. The molecule has 4 rings (SSSR count). The van der Waals surface area contributed by atoms with Crippen LogP contribution in [0.2, 0.25) is 0 Å². The summed E-state index contributed by atoms with van der Waals surface area (Å²) < 4.78 is 35.2. The van der Waals surface area contributed by atoms with Gasteiger partial charge in [-0.2, -0.15) is 5.10 Å². The van der Waals surface area contributed by atoms with Gasteiger partial charge in [0.05, 0.1) is 23.1 Å². The number of fused-ring (bicyclic) bond motifs is 1. The molecule has 1 heterocycles. The summed E-state index contributed by atoms with van der Waals surface area (Å²) in [6, 6.07) is 18.9. The molecule has 0 radical (unpaired) electrons. The van der Waals surface area contributed by atoms with Gasteiger partial charge in [0, 0.05) is 23.7 Å². The first-order valence-electron chi connectivity index (χ1n) is 9.54. The number of methoxy groups -OCH3 is 1. The highest BCUT2D eigenvalue weighted by atomic mass is 32.2. The fourth-order valence-electron chi connectivity index (χ4n) is 3.42. The van der Waals surface area contributed by atoms with Crippen molar-refractivity contribution in [2.45, 2.75) is 11.8 Å². The lowest BCUT2D eigenvalue weighted by molar-refractivity contribution is 0.415. The van der Waals surface area contributed by atoms with Crippen molar-refractivity contribution in [3.05, 3.63) is 82.6 Å². The summed E-state index contributed by atoms with van der Waals surface area (Å²) in [5.74, 6) is 0.633. The number of hydrogen-bond acceptors (Lipinski definition) is 5. The second-order valence-electron chi connectivity index (χ2n) is 7.14. The minimum Gasteiger partial charge on any atom is -0.497 e. The molecular weight excluding hydrogens is 414 g/mol. The molecule has 0 aliphatic heterocycles. The van der Waals surface area contributed by atoms with Gasteiger partial charge < -0.3 is 4.74 Å². The van der Waals surface area contributed by atoms with E-state index in [2.05, 4.69) is 9.82 Å². The van der Waals surface area contributed by atoms with Crippen molar-refractivity contribution in [1.29, 1.82) is 0 Å². The predicted molar refractivity (Wildman–Crippen MR) is 121 cm³/mol. The molecule has 0 saturated carbocycles. The Bertz CT molecular complexity index is 1440. The van der Waals surface area contributed by atoms with Crippen molar-refractivity contribution < 1.29 is 13.2 Å². The second kappa shape index (κ2) is 7.88. The quantitative estimate of drug-likeness (QED) is 0.516. The number of rotatable bonds is 5. The Kier molecular flexibility index (Phi) is 5.24. The van der Waals surface area contributed by atoms with Crippen LogP contribution in [-0.2, 0) is 17.1 Å². The van der Waals surface area contributed by atoms with Crippen molar-refractivity contribution in [2.24, 2.45) is 7.05 Å². The van der Waals surface area contributed by atoms with Crippen molar-refractivity contribution in [3.8, 4) is 17.0 Å². The van der Waals surface area contributed by atoms with Gasteiger partial charge in [-0.1, -0.05) is 30.3 Å². The number of nitrogens with one attached hydrogen (secondary N) is 1. The number of aromatic nitrogens is 2. The van der Waals surface area contributed by atoms with E-state index in [1.54, 1.807) is 75.7 Å². The van der Waals surface area contributed by atoms with Crippen molar-refractivity contribution in [1.82, 2.24) is 9.78 Å². The maximum atomic E-state index is 13.1. The summed E-state index contributed by atoms with van der Waals surface area (Å²) in [6.07, 6.45) is 0. The highest BCUT2D eigenvalue weighted by Gasteiger charge is 2.20. The summed E-state index contributed by atoms with van der Waals surface area (Å²) in [5, 5.41) is 5.59. The van der Waals surface area contributed by atoms with E-state index in [-0.39, 0.29) is 10.5 Å². The first-order chi connectivity index (χ1) is 14.8. The Balaban J connectivity index is 1.82. The summed E-state index contributed by atoms with van der Waals surface area (Å²) in [5.41, 5.74) is 1.96. The Labute approximate surface area is 180 Å². The molecule has 0 amide bonds. The maximum absolute atomic E-state index is 13.1. The van der Waals surface area contributed by atoms with Crippen LogP contribution >= 0.6 is 0 Å². The van der Waals surface area contributed by atoms with E-state index < -0.39 is 10.0 Å². The number of hydrogen-bond donors (Lipinski definition) is 1. The molecule has 4 aromatic rings. The normalized spacial score (nSPS) is 11.5. The largest absolute Gasteiger partial charge is 0.497 e. The third-order valence-corrected chi connectivity index (χ3v) is 6.57. The lowest BCUT2D eigenvalue weighted by atomic mass is 10.0. The third-order valence-electron chi connectivity index (χ3n) is 5.05. The monoisotopic (exact) mass is 435 g/mol. The topological polar surface area (TPSA) is 90.3 Å².